The van der Waals surface area contributed by atoms with Gasteiger partial charge in [-0.3, -0.25) is 9.78 Å². The summed E-state index contributed by atoms with van der Waals surface area (Å²) in [6, 6.07) is 15.3. The van der Waals surface area contributed by atoms with Crippen LogP contribution < -0.4 is 10.1 Å². The molecule has 35 heavy (non-hydrogen) atoms. The topological polar surface area (TPSA) is 105 Å². The molecule has 0 spiro atoms. The minimum absolute atomic E-state index is 0.0596. The molecule has 1 aliphatic rings. The predicted octanol–water partition coefficient (Wildman–Crippen LogP) is 4.85. The standard InChI is InChI=1S/C26H26N4O4S/c1-17(19-8-3-4-9-22(19)33-2)13-24(31)29-25-21(14-27)20-10-12-30(15-23(20)35-25)26(32)34-16-18-7-5-6-11-28-18/h3-9,11,17H,10,12-13,15-16H2,1-2H3,(H,29,31)/t17-/m0/s1. The lowest BCUT2D eigenvalue weighted by Gasteiger charge is -2.26. The van der Waals surface area contributed by atoms with Gasteiger partial charge in [0, 0.05) is 24.0 Å². The molecule has 1 aromatic carbocycles. The first-order chi connectivity index (χ1) is 17.0. The molecule has 9 heteroatoms. The molecule has 0 aliphatic carbocycles. The van der Waals surface area contributed by atoms with Crippen molar-refractivity contribution in [2.75, 3.05) is 19.0 Å². The van der Waals surface area contributed by atoms with Crippen LogP contribution in [-0.2, 0) is 29.1 Å². The minimum Gasteiger partial charge on any atom is -0.496 e. The highest BCUT2D eigenvalue weighted by molar-refractivity contribution is 7.16. The van der Waals surface area contributed by atoms with Gasteiger partial charge in [-0.25, -0.2) is 4.79 Å². The Labute approximate surface area is 208 Å². The summed E-state index contributed by atoms with van der Waals surface area (Å²) in [5.74, 6) is 0.507. The molecule has 0 unspecified atom stereocenters. The normalized spacial score (nSPS) is 13.3. The first kappa shape index (κ1) is 24.2. The van der Waals surface area contributed by atoms with Gasteiger partial charge in [-0.1, -0.05) is 31.2 Å². The largest absolute Gasteiger partial charge is 0.496 e. The fourth-order valence-electron chi connectivity index (χ4n) is 4.12. The molecule has 0 saturated carbocycles. The summed E-state index contributed by atoms with van der Waals surface area (Å²) < 4.78 is 10.8. The molecule has 3 heterocycles. The molecule has 0 bridgehead atoms. The number of rotatable bonds is 7. The van der Waals surface area contributed by atoms with Crippen LogP contribution in [0.3, 0.4) is 0 Å². The summed E-state index contributed by atoms with van der Waals surface area (Å²) in [4.78, 5) is 32.0. The molecular weight excluding hydrogens is 464 g/mol. The second kappa shape index (κ2) is 11.0. The Bertz CT molecular complexity index is 1250. The Morgan fingerprint density at radius 2 is 2.06 bits per heavy atom. The summed E-state index contributed by atoms with van der Waals surface area (Å²) in [6.45, 7) is 2.85. The second-order valence-electron chi connectivity index (χ2n) is 8.26. The van der Waals surface area contributed by atoms with Gasteiger partial charge in [0.1, 0.15) is 23.4 Å². The molecule has 4 rings (SSSR count). The fourth-order valence-corrected chi connectivity index (χ4v) is 5.35. The van der Waals surface area contributed by atoms with E-state index in [1.165, 1.54) is 11.3 Å². The molecule has 0 fully saturated rings. The van der Waals surface area contributed by atoms with Crippen LogP contribution in [0.4, 0.5) is 9.80 Å². The number of pyridine rings is 1. The molecule has 1 N–H and O–H groups in total. The van der Waals surface area contributed by atoms with Crippen LogP contribution >= 0.6 is 11.3 Å². The first-order valence-electron chi connectivity index (χ1n) is 11.3. The number of nitrogens with one attached hydrogen (secondary N) is 1. The summed E-state index contributed by atoms with van der Waals surface area (Å²) in [7, 11) is 1.61. The van der Waals surface area contributed by atoms with E-state index in [1.54, 1.807) is 30.3 Å². The highest BCUT2D eigenvalue weighted by atomic mass is 32.1. The smallest absolute Gasteiger partial charge is 0.410 e. The van der Waals surface area contributed by atoms with E-state index in [4.69, 9.17) is 9.47 Å². The zero-order valence-corrected chi connectivity index (χ0v) is 20.4. The van der Waals surface area contributed by atoms with Gasteiger partial charge >= 0.3 is 6.09 Å². The Kier molecular flexibility index (Phi) is 7.63. The maximum absolute atomic E-state index is 12.8. The molecule has 8 nitrogen and oxygen atoms in total. The SMILES string of the molecule is COc1ccccc1[C@@H](C)CC(=O)Nc1sc2c(c1C#N)CCN(C(=O)OCc1ccccn1)C2. The lowest BCUT2D eigenvalue weighted by Crippen LogP contribution is -2.35. The van der Waals surface area contributed by atoms with Gasteiger partial charge in [-0.15, -0.1) is 11.3 Å². The zero-order valence-electron chi connectivity index (χ0n) is 19.6. The van der Waals surface area contributed by atoms with E-state index < -0.39 is 6.09 Å². The van der Waals surface area contributed by atoms with Crippen molar-refractivity contribution >= 4 is 28.3 Å². The van der Waals surface area contributed by atoms with E-state index in [0.717, 1.165) is 21.8 Å². The Morgan fingerprint density at radius 3 is 2.80 bits per heavy atom. The monoisotopic (exact) mass is 490 g/mol. The molecule has 0 radical (unpaired) electrons. The number of carbonyl (C=O) groups is 2. The van der Waals surface area contributed by atoms with E-state index in [9.17, 15) is 14.9 Å². The predicted molar refractivity (Wildman–Crippen MR) is 132 cm³/mol. The van der Waals surface area contributed by atoms with Crippen molar-refractivity contribution in [1.29, 1.82) is 5.26 Å². The van der Waals surface area contributed by atoms with Crippen molar-refractivity contribution in [3.63, 3.8) is 0 Å². The van der Waals surface area contributed by atoms with Crippen LogP contribution in [0.5, 0.6) is 5.75 Å². The summed E-state index contributed by atoms with van der Waals surface area (Å²) in [6.07, 6.45) is 2.00. The van der Waals surface area contributed by atoms with Crippen LogP contribution in [-0.4, -0.2) is 35.5 Å². The fraction of sp³-hybridized carbons (Fsp3) is 0.308. The molecule has 3 aromatic rings. The number of ether oxygens (including phenoxy) is 2. The Hall–Kier alpha value is -3.90. The van der Waals surface area contributed by atoms with Crippen molar-refractivity contribution in [1.82, 2.24) is 9.88 Å². The average molecular weight is 491 g/mol. The number of para-hydroxylation sites is 1. The van der Waals surface area contributed by atoms with Crippen LogP contribution in [0.2, 0.25) is 0 Å². The van der Waals surface area contributed by atoms with Gasteiger partial charge in [-0.2, -0.15) is 5.26 Å². The number of amides is 2. The van der Waals surface area contributed by atoms with Crippen LogP contribution in [0.15, 0.2) is 48.7 Å². The summed E-state index contributed by atoms with van der Waals surface area (Å²) >= 11 is 1.34. The number of benzene rings is 1. The third-order valence-electron chi connectivity index (χ3n) is 5.91. The average Bonchev–Trinajstić information content (AvgIpc) is 3.23. The van der Waals surface area contributed by atoms with Crippen molar-refractivity contribution in [2.45, 2.75) is 38.8 Å². The van der Waals surface area contributed by atoms with E-state index in [2.05, 4.69) is 16.4 Å². The Balaban J connectivity index is 1.40. The number of nitriles is 1. The number of nitrogens with zero attached hydrogens (tertiary/aromatic N) is 3. The van der Waals surface area contributed by atoms with E-state index >= 15 is 0 Å². The Morgan fingerprint density at radius 1 is 1.26 bits per heavy atom. The molecular formula is C26H26N4O4S. The highest BCUT2D eigenvalue weighted by Gasteiger charge is 2.28. The number of anilines is 1. The summed E-state index contributed by atoms with van der Waals surface area (Å²) in [5, 5.41) is 13.2. The number of aromatic nitrogens is 1. The number of thiophene rings is 1. The molecule has 1 aliphatic heterocycles. The first-order valence-corrected chi connectivity index (χ1v) is 12.1. The lowest BCUT2D eigenvalue weighted by atomic mass is 9.96. The van der Waals surface area contributed by atoms with Gasteiger partial charge in [0.2, 0.25) is 5.91 Å². The molecule has 2 aromatic heterocycles. The molecule has 2 amide bonds. The van der Waals surface area contributed by atoms with Crippen LogP contribution in [0.25, 0.3) is 0 Å². The summed E-state index contributed by atoms with van der Waals surface area (Å²) in [5.41, 5.74) is 2.99. The second-order valence-corrected chi connectivity index (χ2v) is 9.37. The number of hydrogen-bond acceptors (Lipinski definition) is 7. The van der Waals surface area contributed by atoms with Crippen molar-refractivity contribution < 1.29 is 19.1 Å². The third-order valence-corrected chi connectivity index (χ3v) is 7.04. The molecule has 1 atom stereocenters. The number of carbonyl (C=O) groups excluding carboxylic acids is 2. The van der Waals surface area contributed by atoms with Crippen LogP contribution in [0, 0.1) is 11.3 Å². The van der Waals surface area contributed by atoms with Gasteiger partial charge in [0.05, 0.1) is 24.9 Å². The highest BCUT2D eigenvalue weighted by Crippen LogP contribution is 2.37. The molecule has 180 valence electrons. The van der Waals surface area contributed by atoms with Gasteiger partial charge in [0.25, 0.3) is 0 Å². The number of methoxy groups -OCH3 is 1. The zero-order chi connectivity index (χ0) is 24.8. The van der Waals surface area contributed by atoms with E-state index in [0.29, 0.717) is 35.8 Å². The van der Waals surface area contributed by atoms with E-state index in [-0.39, 0.29) is 24.9 Å². The number of fused-ring (bicyclic) bond motifs is 1. The maximum atomic E-state index is 12.8. The third kappa shape index (κ3) is 5.61. The van der Waals surface area contributed by atoms with Crippen molar-refractivity contribution in [2.24, 2.45) is 0 Å². The van der Waals surface area contributed by atoms with Crippen molar-refractivity contribution in [3.8, 4) is 11.8 Å². The molecule has 0 saturated heterocycles. The maximum Gasteiger partial charge on any atom is 0.410 e. The lowest BCUT2D eigenvalue weighted by molar-refractivity contribution is -0.116. The number of hydrogen-bond donors (Lipinski definition) is 1. The van der Waals surface area contributed by atoms with E-state index in [1.807, 2.05) is 37.3 Å². The quantitative estimate of drug-likeness (QED) is 0.508. The van der Waals surface area contributed by atoms with Crippen molar-refractivity contribution in [3.05, 3.63) is 75.9 Å². The van der Waals surface area contributed by atoms with Gasteiger partial charge in [-0.05, 0) is 41.7 Å². The van der Waals surface area contributed by atoms with Crippen LogP contribution in [0.1, 0.15) is 46.5 Å². The minimum atomic E-state index is -0.426. The van der Waals surface area contributed by atoms with Gasteiger partial charge < -0.3 is 19.7 Å². The van der Waals surface area contributed by atoms with Gasteiger partial charge in [0.15, 0.2) is 0 Å².